The van der Waals surface area contributed by atoms with Gasteiger partial charge in [0, 0.05) is 31.6 Å². The smallest absolute Gasteiger partial charge is 0.213 e. The van der Waals surface area contributed by atoms with Crippen LogP contribution in [0.4, 0.5) is 0 Å². The van der Waals surface area contributed by atoms with Crippen LogP contribution < -0.4 is 29.0 Å². The number of aryl methyl sites for hydroxylation is 2. The van der Waals surface area contributed by atoms with Crippen molar-refractivity contribution in [1.29, 1.82) is 0 Å². The maximum Gasteiger partial charge on any atom is 0.213 e. The van der Waals surface area contributed by atoms with Gasteiger partial charge in [0.15, 0.2) is 0 Å². The number of halogens is 1. The van der Waals surface area contributed by atoms with E-state index in [4.69, 9.17) is 27.8 Å². The summed E-state index contributed by atoms with van der Waals surface area (Å²) in [6.07, 6.45) is 1.11. The van der Waals surface area contributed by atoms with Crippen molar-refractivity contribution >= 4 is 11.0 Å². The van der Waals surface area contributed by atoms with Gasteiger partial charge in [0.1, 0.15) is 17.9 Å². The van der Waals surface area contributed by atoms with E-state index in [0.29, 0.717) is 0 Å². The lowest BCUT2D eigenvalue weighted by atomic mass is 10.1. The van der Waals surface area contributed by atoms with E-state index in [-0.39, 0.29) is 0 Å². The first-order chi connectivity index (χ1) is 15.7. The van der Waals surface area contributed by atoms with Crippen molar-refractivity contribution in [3.05, 3.63) is 65.0 Å². The number of benzene rings is 2. The monoisotopic (exact) mass is 476 g/mol. The molecule has 0 spiro atoms. The molecule has 33 heavy (non-hydrogen) atoms. The number of nitrogens with zero attached hydrogens (tertiary/aromatic N) is 1. The molecule has 0 bridgehead atoms. The fourth-order valence-corrected chi connectivity index (χ4v) is 3.66. The highest BCUT2D eigenvalue weighted by Gasteiger charge is 2.11. The Labute approximate surface area is 195 Å². The standard InChI is InChI=1S/C24H28N2O2.ClHO4/c1-18-4-7-20(8-5-18)24-17-22(21-16-19(2)6-9-23(21)28-24)25-10-3-11-26-12-14-27-15-13-26;2-1(3,4)5/h4-9,16-17H,3,10-15H2,1-2H3;(H,2,3,4,5). The Kier molecular flexibility index (Phi) is 8.99. The first kappa shape index (κ1) is 25.3. The van der Waals surface area contributed by atoms with Crippen molar-refractivity contribution in [3.63, 3.8) is 0 Å². The normalized spacial score (nSPS) is 15.4. The van der Waals surface area contributed by atoms with E-state index < -0.39 is 10.2 Å². The maximum absolute atomic E-state index is 8.49. The molecule has 2 heterocycles. The van der Waals surface area contributed by atoms with Crippen molar-refractivity contribution in [2.24, 2.45) is 0 Å². The average molecular weight is 477 g/mol. The summed E-state index contributed by atoms with van der Waals surface area (Å²) in [6.45, 7) is 10.1. The lowest BCUT2D eigenvalue weighted by molar-refractivity contribution is -2.00. The van der Waals surface area contributed by atoms with Crippen molar-refractivity contribution in [3.8, 4) is 11.3 Å². The summed E-state index contributed by atoms with van der Waals surface area (Å²) in [5.74, 6) is 0.895. The minimum Gasteiger partial charge on any atom is -0.456 e. The third kappa shape index (κ3) is 8.53. The van der Waals surface area contributed by atoms with E-state index in [1.54, 1.807) is 0 Å². The van der Waals surface area contributed by atoms with Crippen LogP contribution in [0.5, 0.6) is 0 Å². The molecular weight excluding hydrogens is 448 g/mol. The minimum atomic E-state index is -4.94. The quantitative estimate of drug-likeness (QED) is 0.408. The van der Waals surface area contributed by atoms with Gasteiger partial charge in [-0.3, -0.25) is 4.90 Å². The van der Waals surface area contributed by atoms with Crippen molar-refractivity contribution in [2.75, 3.05) is 39.4 Å². The number of ether oxygens (including phenoxy) is 1. The second kappa shape index (κ2) is 11.7. The van der Waals surface area contributed by atoms with Gasteiger partial charge in [0.25, 0.3) is 0 Å². The highest BCUT2D eigenvalue weighted by Crippen LogP contribution is 2.22. The molecule has 3 aromatic rings. The molecule has 1 N–H and O–H groups in total. The lowest BCUT2D eigenvalue weighted by Crippen LogP contribution is -2.77. The van der Waals surface area contributed by atoms with Gasteiger partial charge in [-0.1, -0.05) is 41.5 Å². The second-order valence-electron chi connectivity index (χ2n) is 8.00. The van der Waals surface area contributed by atoms with Crippen LogP contribution >= 0.6 is 0 Å². The number of rotatable bonds is 5. The van der Waals surface area contributed by atoms with Gasteiger partial charge in [-0.15, -0.1) is 10.2 Å². The summed E-state index contributed by atoms with van der Waals surface area (Å²) in [4.78, 5) is 6.14. The molecular formula is C24H29ClN2O6. The molecule has 1 aliphatic heterocycles. The van der Waals surface area contributed by atoms with Crippen molar-refractivity contribution in [2.45, 2.75) is 20.3 Å². The first-order valence-corrected chi connectivity index (χ1v) is 12.0. The molecule has 1 aliphatic rings. The summed E-state index contributed by atoms with van der Waals surface area (Å²) in [7, 11) is -4.94. The number of hydrogen-bond donors (Lipinski definition) is 1. The SMILES string of the molecule is Cc1ccc(-c2cc(=[NH+]CCCN3CCOCC3)c3cc(C)ccc3o2)cc1.[O-][Cl+3]([O-])([O-])[O-]. The fourth-order valence-electron chi connectivity index (χ4n) is 3.66. The zero-order valence-corrected chi connectivity index (χ0v) is 19.6. The Morgan fingerprint density at radius 2 is 1.55 bits per heavy atom. The first-order valence-electron chi connectivity index (χ1n) is 10.8. The van der Waals surface area contributed by atoms with E-state index in [1.165, 1.54) is 11.1 Å². The van der Waals surface area contributed by atoms with Gasteiger partial charge >= 0.3 is 0 Å². The van der Waals surface area contributed by atoms with E-state index in [9.17, 15) is 0 Å². The fraction of sp³-hybridized carbons (Fsp3) is 0.375. The molecule has 0 amide bonds. The predicted octanol–water partition coefficient (Wildman–Crippen LogP) is -2.34. The molecule has 2 aromatic carbocycles. The van der Waals surface area contributed by atoms with E-state index in [2.05, 4.69) is 72.3 Å². The lowest BCUT2D eigenvalue weighted by Gasteiger charge is -2.25. The maximum atomic E-state index is 8.49. The van der Waals surface area contributed by atoms with E-state index >= 15 is 0 Å². The zero-order chi connectivity index (χ0) is 23.8. The Bertz CT molecular complexity index is 1100. The highest BCUT2D eigenvalue weighted by atomic mass is 35.7. The zero-order valence-electron chi connectivity index (χ0n) is 18.8. The molecule has 0 unspecified atom stereocenters. The molecule has 4 rings (SSSR count). The van der Waals surface area contributed by atoms with Gasteiger partial charge in [-0.25, -0.2) is 23.6 Å². The largest absolute Gasteiger partial charge is 0.456 e. The molecule has 0 aliphatic carbocycles. The van der Waals surface area contributed by atoms with Crippen LogP contribution in [0.2, 0.25) is 0 Å². The number of nitrogens with one attached hydrogen (secondary N) is 1. The Hall–Kier alpha value is -2.30. The van der Waals surface area contributed by atoms with Crippen LogP contribution in [-0.4, -0.2) is 44.3 Å². The molecule has 9 heteroatoms. The summed E-state index contributed by atoms with van der Waals surface area (Å²) in [5, 5.41) is 2.28. The molecule has 0 saturated carbocycles. The minimum absolute atomic E-state index is 0.859. The van der Waals surface area contributed by atoms with Crippen molar-refractivity contribution < 1.29 is 43.0 Å². The molecule has 1 saturated heterocycles. The molecule has 178 valence electrons. The highest BCUT2D eigenvalue weighted by molar-refractivity contribution is 5.78. The number of hydrogen-bond acceptors (Lipinski definition) is 7. The summed E-state index contributed by atoms with van der Waals surface area (Å²) < 4.78 is 45.6. The van der Waals surface area contributed by atoms with Crippen LogP contribution in [0.3, 0.4) is 0 Å². The van der Waals surface area contributed by atoms with Gasteiger partial charge in [-0.05, 0) is 26.0 Å². The van der Waals surface area contributed by atoms with E-state index in [1.807, 2.05) is 0 Å². The molecule has 0 atom stereocenters. The molecule has 1 aromatic heterocycles. The summed E-state index contributed by atoms with van der Waals surface area (Å²) >= 11 is 0. The van der Waals surface area contributed by atoms with Crippen LogP contribution in [-0.2, 0) is 4.74 Å². The number of morpholine rings is 1. The van der Waals surface area contributed by atoms with Gasteiger partial charge in [-0.2, -0.15) is 0 Å². The second-order valence-corrected chi connectivity index (χ2v) is 8.76. The van der Waals surface area contributed by atoms with Crippen LogP contribution in [0.25, 0.3) is 22.3 Å². The van der Waals surface area contributed by atoms with Crippen LogP contribution in [0.15, 0.2) is 52.9 Å². The van der Waals surface area contributed by atoms with Crippen LogP contribution in [0.1, 0.15) is 17.5 Å². The Balaban J connectivity index is 0.000000555. The summed E-state index contributed by atoms with van der Waals surface area (Å²) in [5.41, 5.74) is 4.51. The Morgan fingerprint density at radius 1 is 0.909 bits per heavy atom. The number of fused-ring (bicyclic) bond motifs is 1. The molecule has 1 fully saturated rings. The van der Waals surface area contributed by atoms with Crippen LogP contribution in [0, 0.1) is 24.1 Å². The van der Waals surface area contributed by atoms with Crippen molar-refractivity contribution in [1.82, 2.24) is 4.90 Å². The summed E-state index contributed by atoms with van der Waals surface area (Å²) in [6, 6.07) is 17.0. The Morgan fingerprint density at radius 3 is 2.21 bits per heavy atom. The third-order valence-electron chi connectivity index (χ3n) is 5.33. The molecule has 0 radical (unpaired) electrons. The van der Waals surface area contributed by atoms with Gasteiger partial charge in [0.2, 0.25) is 5.36 Å². The topological polar surface area (TPSA) is 132 Å². The van der Waals surface area contributed by atoms with Gasteiger partial charge in [0.05, 0.1) is 24.7 Å². The van der Waals surface area contributed by atoms with Gasteiger partial charge < -0.3 is 9.15 Å². The third-order valence-corrected chi connectivity index (χ3v) is 5.33. The molecule has 8 nitrogen and oxygen atoms in total. The average Bonchev–Trinajstić information content (AvgIpc) is 2.77. The predicted molar refractivity (Wildman–Crippen MR) is 112 cm³/mol. The van der Waals surface area contributed by atoms with E-state index in [0.717, 1.165) is 73.5 Å².